The highest BCUT2D eigenvalue weighted by Gasteiger charge is 2.54. The van der Waals surface area contributed by atoms with Crippen LogP contribution in [-0.2, 0) is 9.53 Å². The van der Waals surface area contributed by atoms with E-state index in [0.717, 1.165) is 19.5 Å². The van der Waals surface area contributed by atoms with Crippen molar-refractivity contribution in [2.24, 2.45) is 11.3 Å². The van der Waals surface area contributed by atoms with Gasteiger partial charge in [0.1, 0.15) is 0 Å². The quantitative estimate of drug-likeness (QED) is 0.548. The van der Waals surface area contributed by atoms with E-state index in [1.165, 1.54) is 13.5 Å². The van der Waals surface area contributed by atoms with Crippen LogP contribution in [-0.4, -0.2) is 26.2 Å². The number of hydrogen-bond donors (Lipinski definition) is 1. The maximum absolute atomic E-state index is 11.2. The Labute approximate surface area is 66.1 Å². The van der Waals surface area contributed by atoms with Crippen molar-refractivity contribution in [3.05, 3.63) is 0 Å². The maximum Gasteiger partial charge on any atom is 0.309 e. The van der Waals surface area contributed by atoms with Gasteiger partial charge in [-0.2, -0.15) is 0 Å². The van der Waals surface area contributed by atoms with E-state index in [4.69, 9.17) is 4.74 Å². The molecule has 1 saturated carbocycles. The standard InChI is InChI=1S/C8H13NO2/c1-11-7(10)6-2-3-8(6)4-9-5-8/h6,9H,2-5H2,1H3/t6-/m0/s1. The highest BCUT2D eigenvalue weighted by Crippen LogP contribution is 2.49. The van der Waals surface area contributed by atoms with Crippen molar-refractivity contribution in [2.45, 2.75) is 12.8 Å². The Morgan fingerprint density at radius 2 is 2.36 bits per heavy atom. The number of nitrogens with one attached hydrogen (secondary N) is 1. The fourth-order valence-corrected chi connectivity index (χ4v) is 2.08. The smallest absolute Gasteiger partial charge is 0.309 e. The van der Waals surface area contributed by atoms with Crippen LogP contribution >= 0.6 is 0 Å². The molecule has 0 radical (unpaired) electrons. The molecule has 0 aromatic carbocycles. The molecule has 2 rings (SSSR count). The van der Waals surface area contributed by atoms with Crippen molar-refractivity contribution in [1.29, 1.82) is 0 Å². The Hall–Kier alpha value is -0.570. The van der Waals surface area contributed by atoms with Crippen LogP contribution in [0.1, 0.15) is 12.8 Å². The van der Waals surface area contributed by atoms with Crippen LogP contribution in [0, 0.1) is 11.3 Å². The molecule has 1 saturated heterocycles. The van der Waals surface area contributed by atoms with Crippen LogP contribution in [0.3, 0.4) is 0 Å². The molecule has 1 N–H and O–H groups in total. The third-order valence-electron chi connectivity index (χ3n) is 3.11. The first-order valence-corrected chi connectivity index (χ1v) is 4.07. The number of esters is 1. The molecule has 1 spiro atoms. The SMILES string of the molecule is COC(=O)[C@@H]1CCC12CNC2. The molecule has 0 aromatic heterocycles. The minimum Gasteiger partial charge on any atom is -0.469 e. The van der Waals surface area contributed by atoms with Gasteiger partial charge in [-0.05, 0) is 12.8 Å². The molecule has 3 heteroatoms. The molecule has 1 heterocycles. The lowest BCUT2D eigenvalue weighted by Crippen LogP contribution is -2.64. The van der Waals surface area contributed by atoms with Crippen LogP contribution in [0.25, 0.3) is 0 Å². The fraction of sp³-hybridized carbons (Fsp3) is 0.875. The molecule has 0 aromatic rings. The van der Waals surface area contributed by atoms with Crippen LogP contribution in [0.15, 0.2) is 0 Å². The molecule has 3 nitrogen and oxygen atoms in total. The monoisotopic (exact) mass is 155 g/mol. The van der Waals surface area contributed by atoms with Gasteiger partial charge in [0, 0.05) is 18.5 Å². The maximum atomic E-state index is 11.2. The van der Waals surface area contributed by atoms with Crippen LogP contribution < -0.4 is 5.32 Å². The van der Waals surface area contributed by atoms with Crippen LogP contribution in [0.5, 0.6) is 0 Å². The molecular weight excluding hydrogens is 142 g/mol. The normalized spacial score (nSPS) is 32.3. The third kappa shape index (κ3) is 0.805. The van der Waals surface area contributed by atoms with Gasteiger partial charge in [-0.15, -0.1) is 0 Å². The second-order valence-electron chi connectivity index (χ2n) is 3.58. The number of carbonyl (C=O) groups excluding carboxylic acids is 1. The largest absolute Gasteiger partial charge is 0.469 e. The molecule has 11 heavy (non-hydrogen) atoms. The van der Waals surface area contributed by atoms with E-state index in [1.54, 1.807) is 0 Å². The second kappa shape index (κ2) is 2.21. The van der Waals surface area contributed by atoms with Gasteiger partial charge in [-0.25, -0.2) is 0 Å². The lowest BCUT2D eigenvalue weighted by molar-refractivity contribution is -0.162. The summed E-state index contributed by atoms with van der Waals surface area (Å²) in [6, 6.07) is 0. The average molecular weight is 155 g/mol. The Bertz CT molecular complexity index is 181. The summed E-state index contributed by atoms with van der Waals surface area (Å²) in [5.41, 5.74) is 0.299. The zero-order chi connectivity index (χ0) is 7.90. The van der Waals surface area contributed by atoms with E-state index < -0.39 is 0 Å². The number of ether oxygens (including phenoxy) is 1. The van der Waals surface area contributed by atoms with Crippen molar-refractivity contribution < 1.29 is 9.53 Å². The topological polar surface area (TPSA) is 38.3 Å². The Kier molecular flexibility index (Phi) is 1.42. The van der Waals surface area contributed by atoms with Gasteiger partial charge >= 0.3 is 5.97 Å². The summed E-state index contributed by atoms with van der Waals surface area (Å²) in [5.74, 6) is 0.173. The molecule has 2 aliphatic rings. The van der Waals surface area contributed by atoms with Gasteiger partial charge in [-0.3, -0.25) is 4.79 Å². The first-order valence-electron chi connectivity index (χ1n) is 4.07. The van der Waals surface area contributed by atoms with Gasteiger partial charge in [0.25, 0.3) is 0 Å². The molecule has 1 atom stereocenters. The summed E-state index contributed by atoms with van der Waals surface area (Å²) < 4.78 is 4.72. The zero-order valence-electron chi connectivity index (χ0n) is 6.72. The van der Waals surface area contributed by atoms with Gasteiger partial charge in [0.05, 0.1) is 13.0 Å². The highest BCUT2D eigenvalue weighted by molar-refractivity contribution is 5.74. The Morgan fingerprint density at radius 3 is 2.64 bits per heavy atom. The van der Waals surface area contributed by atoms with Crippen LogP contribution in [0.2, 0.25) is 0 Å². The van der Waals surface area contributed by atoms with E-state index in [9.17, 15) is 4.79 Å². The van der Waals surface area contributed by atoms with Gasteiger partial charge in [0.15, 0.2) is 0 Å². The van der Waals surface area contributed by atoms with Crippen molar-refractivity contribution in [3.63, 3.8) is 0 Å². The highest BCUT2D eigenvalue weighted by atomic mass is 16.5. The summed E-state index contributed by atoms with van der Waals surface area (Å²) >= 11 is 0. The molecule has 2 fully saturated rings. The van der Waals surface area contributed by atoms with Crippen molar-refractivity contribution in [1.82, 2.24) is 5.32 Å². The molecule has 1 aliphatic carbocycles. The average Bonchev–Trinajstić information content (AvgIpc) is 1.82. The van der Waals surface area contributed by atoms with E-state index in [1.807, 2.05) is 0 Å². The van der Waals surface area contributed by atoms with Gasteiger partial charge in [-0.1, -0.05) is 0 Å². The summed E-state index contributed by atoms with van der Waals surface area (Å²) in [5, 5.41) is 3.21. The van der Waals surface area contributed by atoms with E-state index in [2.05, 4.69) is 5.32 Å². The molecule has 0 amide bonds. The number of methoxy groups -OCH3 is 1. The first-order chi connectivity index (χ1) is 5.28. The number of hydrogen-bond acceptors (Lipinski definition) is 3. The summed E-state index contributed by atoms with van der Waals surface area (Å²) in [6.07, 6.45) is 2.22. The molecule has 0 unspecified atom stereocenters. The molecule has 1 aliphatic heterocycles. The summed E-state index contributed by atoms with van der Waals surface area (Å²) in [7, 11) is 1.47. The minimum absolute atomic E-state index is 0.0160. The Balaban J connectivity index is 2.00. The predicted octanol–water partition coefficient (Wildman–Crippen LogP) is 0.159. The molecule has 0 bridgehead atoms. The number of rotatable bonds is 1. The van der Waals surface area contributed by atoms with Gasteiger partial charge < -0.3 is 10.1 Å². The predicted molar refractivity (Wildman–Crippen MR) is 40.0 cm³/mol. The lowest BCUT2D eigenvalue weighted by atomic mass is 9.56. The molecular formula is C8H13NO2. The van der Waals surface area contributed by atoms with E-state index in [-0.39, 0.29) is 11.9 Å². The minimum atomic E-state index is -0.0160. The Morgan fingerprint density at radius 1 is 1.64 bits per heavy atom. The second-order valence-corrected chi connectivity index (χ2v) is 3.58. The summed E-state index contributed by atoms with van der Waals surface area (Å²) in [6.45, 7) is 2.01. The number of carbonyl (C=O) groups is 1. The lowest BCUT2D eigenvalue weighted by Gasteiger charge is -2.54. The van der Waals surface area contributed by atoms with Crippen LogP contribution in [0.4, 0.5) is 0 Å². The third-order valence-corrected chi connectivity index (χ3v) is 3.11. The van der Waals surface area contributed by atoms with E-state index >= 15 is 0 Å². The first kappa shape index (κ1) is 7.10. The zero-order valence-corrected chi connectivity index (χ0v) is 6.72. The summed E-state index contributed by atoms with van der Waals surface area (Å²) in [4.78, 5) is 11.2. The van der Waals surface area contributed by atoms with Crippen molar-refractivity contribution in [2.75, 3.05) is 20.2 Å². The van der Waals surface area contributed by atoms with Gasteiger partial charge in [0.2, 0.25) is 0 Å². The fourth-order valence-electron chi connectivity index (χ4n) is 2.08. The van der Waals surface area contributed by atoms with Crippen molar-refractivity contribution >= 4 is 5.97 Å². The van der Waals surface area contributed by atoms with E-state index in [0.29, 0.717) is 5.41 Å². The molecule has 62 valence electrons. The van der Waals surface area contributed by atoms with Crippen molar-refractivity contribution in [3.8, 4) is 0 Å².